The molecule has 0 aliphatic carbocycles. The number of benzene rings is 1. The zero-order valence-corrected chi connectivity index (χ0v) is 13.7. The average Bonchev–Trinajstić information content (AvgIpc) is 2.37. The molecule has 0 aliphatic heterocycles. The second-order valence-electron chi connectivity index (χ2n) is 4.02. The molecule has 0 radical (unpaired) electrons. The summed E-state index contributed by atoms with van der Waals surface area (Å²) in [4.78, 5) is 0.0406. The van der Waals surface area contributed by atoms with Crippen LogP contribution in [-0.2, 0) is 10.0 Å². The van der Waals surface area contributed by atoms with Crippen molar-refractivity contribution >= 4 is 43.4 Å². The van der Waals surface area contributed by atoms with Crippen LogP contribution in [0.25, 0.3) is 0 Å². The van der Waals surface area contributed by atoms with E-state index in [1.165, 1.54) is 12.1 Å². The maximum absolute atomic E-state index is 12.0. The number of nitrogens with zero attached hydrogens (tertiary/aromatic N) is 1. The molecule has 0 atom stereocenters. The molecule has 0 fully saturated rings. The third kappa shape index (κ3) is 5.28. The van der Waals surface area contributed by atoms with E-state index in [9.17, 15) is 8.42 Å². The van der Waals surface area contributed by atoms with E-state index in [4.69, 9.17) is 22.5 Å². The minimum absolute atomic E-state index is 0.0406. The number of unbranched alkanes of at least 4 members (excludes halogenated alkanes) is 1. The van der Waals surface area contributed by atoms with Crippen molar-refractivity contribution in [3.05, 3.63) is 27.7 Å². The Morgan fingerprint density at radius 1 is 1.45 bits per heavy atom. The highest BCUT2D eigenvalue weighted by atomic mass is 79.9. The predicted molar refractivity (Wildman–Crippen MR) is 81.6 cm³/mol. The SMILES string of the molecule is NC(CCCCNS(=O)(=O)c1ccc(Br)cc1Cl)=NO. The first kappa shape index (κ1) is 17.2. The van der Waals surface area contributed by atoms with Gasteiger partial charge in [0.15, 0.2) is 0 Å². The van der Waals surface area contributed by atoms with Crippen molar-refractivity contribution in [2.24, 2.45) is 10.9 Å². The molecule has 0 aliphatic rings. The van der Waals surface area contributed by atoms with Crippen LogP contribution in [0.5, 0.6) is 0 Å². The summed E-state index contributed by atoms with van der Waals surface area (Å²) in [7, 11) is -3.63. The highest BCUT2D eigenvalue weighted by Gasteiger charge is 2.17. The third-order valence-corrected chi connectivity index (χ3v) is 4.90. The van der Waals surface area contributed by atoms with Crippen LogP contribution in [0.15, 0.2) is 32.7 Å². The Bertz CT molecular complexity index is 593. The minimum Gasteiger partial charge on any atom is -0.409 e. The third-order valence-electron chi connectivity index (χ3n) is 2.46. The number of hydrogen-bond acceptors (Lipinski definition) is 4. The first-order valence-corrected chi connectivity index (χ1v) is 8.43. The van der Waals surface area contributed by atoms with E-state index in [1.54, 1.807) is 6.07 Å². The van der Waals surface area contributed by atoms with E-state index in [2.05, 4.69) is 25.8 Å². The van der Waals surface area contributed by atoms with Gasteiger partial charge in [-0.3, -0.25) is 0 Å². The molecule has 0 saturated carbocycles. The number of oxime groups is 1. The molecule has 0 saturated heterocycles. The first-order valence-electron chi connectivity index (χ1n) is 5.78. The number of nitrogens with one attached hydrogen (secondary N) is 1. The van der Waals surface area contributed by atoms with Gasteiger partial charge in [-0.15, -0.1) is 0 Å². The van der Waals surface area contributed by atoms with Gasteiger partial charge in [-0.05, 0) is 31.0 Å². The lowest BCUT2D eigenvalue weighted by Crippen LogP contribution is -2.25. The van der Waals surface area contributed by atoms with Gasteiger partial charge in [0, 0.05) is 17.4 Å². The molecular formula is C11H15BrClN3O3S. The molecule has 0 bridgehead atoms. The zero-order chi connectivity index (χ0) is 15.2. The lowest BCUT2D eigenvalue weighted by atomic mass is 10.2. The molecule has 1 aromatic carbocycles. The van der Waals surface area contributed by atoms with Crippen LogP contribution in [0.2, 0.25) is 5.02 Å². The molecule has 0 aromatic heterocycles. The Morgan fingerprint density at radius 3 is 2.75 bits per heavy atom. The molecule has 0 heterocycles. The summed E-state index contributed by atoms with van der Waals surface area (Å²) in [5.74, 6) is 0.129. The zero-order valence-electron chi connectivity index (χ0n) is 10.5. The highest BCUT2D eigenvalue weighted by molar-refractivity contribution is 9.10. The van der Waals surface area contributed by atoms with Crippen molar-refractivity contribution < 1.29 is 13.6 Å². The topological polar surface area (TPSA) is 105 Å². The minimum atomic E-state index is -3.63. The lowest BCUT2D eigenvalue weighted by molar-refractivity contribution is 0.316. The Hall–Kier alpha value is -0.830. The van der Waals surface area contributed by atoms with Crippen molar-refractivity contribution in [3.8, 4) is 0 Å². The van der Waals surface area contributed by atoms with E-state index in [1.807, 2.05) is 0 Å². The summed E-state index contributed by atoms with van der Waals surface area (Å²) in [5.41, 5.74) is 5.31. The maximum Gasteiger partial charge on any atom is 0.242 e. The first-order chi connectivity index (χ1) is 9.36. The summed E-state index contributed by atoms with van der Waals surface area (Å²) in [6, 6.07) is 4.57. The molecule has 0 unspecified atom stereocenters. The second kappa shape index (κ2) is 7.82. The number of sulfonamides is 1. The summed E-state index contributed by atoms with van der Waals surface area (Å²) in [6.07, 6.45) is 1.60. The van der Waals surface area contributed by atoms with Crippen LogP contribution in [0, 0.1) is 0 Å². The molecule has 20 heavy (non-hydrogen) atoms. The summed E-state index contributed by atoms with van der Waals surface area (Å²) in [5, 5.41) is 11.3. The van der Waals surface area contributed by atoms with Crippen molar-refractivity contribution in [1.29, 1.82) is 0 Å². The highest BCUT2D eigenvalue weighted by Crippen LogP contribution is 2.24. The van der Waals surface area contributed by atoms with E-state index in [-0.39, 0.29) is 22.3 Å². The fourth-order valence-corrected chi connectivity index (χ4v) is 3.57. The van der Waals surface area contributed by atoms with Crippen molar-refractivity contribution in [2.75, 3.05) is 6.54 Å². The van der Waals surface area contributed by atoms with Crippen LogP contribution < -0.4 is 10.5 Å². The molecule has 1 aromatic rings. The molecule has 112 valence electrons. The predicted octanol–water partition coefficient (Wildman–Crippen LogP) is 2.30. The fraction of sp³-hybridized carbons (Fsp3) is 0.364. The monoisotopic (exact) mass is 383 g/mol. The van der Waals surface area contributed by atoms with Gasteiger partial charge in [-0.2, -0.15) is 0 Å². The second-order valence-corrected chi connectivity index (χ2v) is 7.08. The quantitative estimate of drug-likeness (QED) is 0.220. The van der Waals surface area contributed by atoms with Crippen LogP contribution in [0.3, 0.4) is 0 Å². The van der Waals surface area contributed by atoms with Crippen LogP contribution in [0.1, 0.15) is 19.3 Å². The molecule has 6 nitrogen and oxygen atoms in total. The fourth-order valence-electron chi connectivity index (χ4n) is 1.46. The Morgan fingerprint density at radius 2 is 2.15 bits per heavy atom. The molecule has 1 rings (SSSR count). The summed E-state index contributed by atoms with van der Waals surface area (Å²) >= 11 is 9.12. The number of rotatable bonds is 7. The molecule has 0 amide bonds. The smallest absolute Gasteiger partial charge is 0.242 e. The van der Waals surface area contributed by atoms with Crippen molar-refractivity contribution in [3.63, 3.8) is 0 Å². The number of halogens is 2. The number of hydrogen-bond donors (Lipinski definition) is 3. The van der Waals surface area contributed by atoms with Gasteiger partial charge in [-0.25, -0.2) is 13.1 Å². The molecule has 4 N–H and O–H groups in total. The standard InChI is InChI=1S/C11H15BrClN3O3S/c12-8-4-5-10(9(13)7-8)20(18,19)15-6-2-1-3-11(14)16-17/h4-5,7,15,17H,1-3,6H2,(H2,14,16). The molecule has 9 heteroatoms. The normalized spacial score (nSPS) is 12.6. The maximum atomic E-state index is 12.0. The van der Waals surface area contributed by atoms with Crippen LogP contribution in [0.4, 0.5) is 0 Å². The van der Waals surface area contributed by atoms with Crippen LogP contribution >= 0.6 is 27.5 Å². The number of amidine groups is 1. The van der Waals surface area contributed by atoms with Gasteiger partial charge in [0.25, 0.3) is 0 Å². The summed E-state index contributed by atoms with van der Waals surface area (Å²) < 4.78 is 27.2. The Labute approximate surface area is 131 Å². The van der Waals surface area contributed by atoms with E-state index >= 15 is 0 Å². The van der Waals surface area contributed by atoms with E-state index in [0.717, 1.165) is 0 Å². The van der Waals surface area contributed by atoms with Gasteiger partial charge in [0.2, 0.25) is 10.0 Å². The number of nitrogens with two attached hydrogens (primary N) is 1. The molecule has 0 spiro atoms. The van der Waals surface area contributed by atoms with Gasteiger partial charge in [-0.1, -0.05) is 32.7 Å². The van der Waals surface area contributed by atoms with E-state index in [0.29, 0.717) is 23.7 Å². The van der Waals surface area contributed by atoms with Gasteiger partial charge in [0.1, 0.15) is 10.7 Å². The van der Waals surface area contributed by atoms with E-state index < -0.39 is 10.0 Å². The average molecular weight is 385 g/mol. The van der Waals surface area contributed by atoms with Crippen molar-refractivity contribution in [1.82, 2.24) is 4.72 Å². The van der Waals surface area contributed by atoms with Crippen molar-refractivity contribution in [2.45, 2.75) is 24.2 Å². The van der Waals surface area contributed by atoms with Gasteiger partial charge < -0.3 is 10.9 Å². The Balaban J connectivity index is 2.54. The van der Waals surface area contributed by atoms with Gasteiger partial charge >= 0.3 is 0 Å². The Kier molecular flexibility index (Phi) is 6.74. The molecular weight excluding hydrogens is 370 g/mol. The summed E-state index contributed by atoms with van der Waals surface area (Å²) in [6.45, 7) is 0.257. The van der Waals surface area contributed by atoms with Gasteiger partial charge in [0.05, 0.1) is 5.02 Å². The largest absolute Gasteiger partial charge is 0.409 e. The van der Waals surface area contributed by atoms with Crippen LogP contribution in [-0.4, -0.2) is 26.0 Å². The lowest BCUT2D eigenvalue weighted by Gasteiger charge is -2.08.